The average Bonchev–Trinajstić information content (AvgIpc) is 2.75. The first-order chi connectivity index (χ1) is 7.83. The molecule has 3 N–H and O–H groups in total. The number of benzene rings is 2. The summed E-state index contributed by atoms with van der Waals surface area (Å²) in [6.07, 6.45) is 1.82. The van der Waals surface area contributed by atoms with Gasteiger partial charge in [-0.25, -0.2) is 0 Å². The van der Waals surface area contributed by atoms with Crippen LogP contribution in [0.1, 0.15) is 0 Å². The molecule has 1 heterocycles. The number of nitrogens with zero attached hydrogens (tertiary/aromatic N) is 1. The molecule has 0 fully saturated rings. The number of nitrogen functional groups attached to an aromatic ring is 1. The van der Waals surface area contributed by atoms with Crippen LogP contribution in [0.3, 0.4) is 0 Å². The third kappa shape index (κ3) is 1.42. The zero-order valence-corrected chi connectivity index (χ0v) is 8.64. The highest BCUT2D eigenvalue weighted by molar-refractivity contribution is 5.84. The molecule has 0 saturated heterocycles. The molecule has 0 amide bonds. The zero-order chi connectivity index (χ0) is 11.0. The van der Waals surface area contributed by atoms with Crippen LogP contribution in [0.5, 0.6) is 0 Å². The lowest BCUT2D eigenvalue weighted by molar-refractivity contribution is 1.12. The van der Waals surface area contributed by atoms with Gasteiger partial charge in [-0.1, -0.05) is 24.3 Å². The summed E-state index contributed by atoms with van der Waals surface area (Å²) in [5.74, 6) is 0. The molecule has 3 nitrogen and oxygen atoms in total. The van der Waals surface area contributed by atoms with Gasteiger partial charge in [0.15, 0.2) is 0 Å². The van der Waals surface area contributed by atoms with Gasteiger partial charge in [0, 0.05) is 11.1 Å². The molecule has 16 heavy (non-hydrogen) atoms. The molecule has 0 aliphatic carbocycles. The normalized spacial score (nSPS) is 10.8. The second kappa shape index (κ2) is 3.38. The standard InChI is InChI=1S/C13H11N3/c14-12-3-1-2-9(6-12)10-4-5-11-8-15-16-13(11)7-10/h1-8H,14H2,(H,15,16). The molecule has 0 atom stereocenters. The van der Waals surface area contributed by atoms with Crippen LogP contribution in [0.4, 0.5) is 5.69 Å². The Hall–Kier alpha value is -2.29. The van der Waals surface area contributed by atoms with Crippen LogP contribution in [-0.2, 0) is 0 Å². The first-order valence-corrected chi connectivity index (χ1v) is 5.12. The molecular weight excluding hydrogens is 198 g/mol. The Balaban J connectivity index is 2.18. The molecule has 0 aliphatic heterocycles. The van der Waals surface area contributed by atoms with Gasteiger partial charge >= 0.3 is 0 Å². The molecule has 0 unspecified atom stereocenters. The molecule has 3 aromatic rings. The number of rotatable bonds is 1. The third-order valence-corrected chi connectivity index (χ3v) is 2.66. The van der Waals surface area contributed by atoms with Gasteiger partial charge < -0.3 is 5.73 Å². The minimum atomic E-state index is 0.780. The highest BCUT2D eigenvalue weighted by Crippen LogP contribution is 2.24. The van der Waals surface area contributed by atoms with E-state index in [1.807, 2.05) is 30.5 Å². The van der Waals surface area contributed by atoms with Crippen molar-refractivity contribution in [2.45, 2.75) is 0 Å². The quantitative estimate of drug-likeness (QED) is 0.605. The van der Waals surface area contributed by atoms with Gasteiger partial charge in [0.25, 0.3) is 0 Å². The van der Waals surface area contributed by atoms with Gasteiger partial charge in [0.1, 0.15) is 0 Å². The van der Waals surface area contributed by atoms with Gasteiger partial charge in [-0.05, 0) is 29.3 Å². The van der Waals surface area contributed by atoms with Crippen LogP contribution in [-0.4, -0.2) is 10.2 Å². The fraction of sp³-hybridized carbons (Fsp3) is 0. The molecule has 1 aromatic heterocycles. The number of fused-ring (bicyclic) bond motifs is 1. The highest BCUT2D eigenvalue weighted by Gasteiger charge is 2.00. The number of nitrogens with one attached hydrogen (secondary N) is 1. The van der Waals surface area contributed by atoms with Crippen molar-refractivity contribution in [3.8, 4) is 11.1 Å². The molecule has 3 rings (SSSR count). The highest BCUT2D eigenvalue weighted by atomic mass is 15.1. The number of aromatic amines is 1. The molecule has 0 saturated carbocycles. The van der Waals surface area contributed by atoms with Crippen molar-refractivity contribution in [3.05, 3.63) is 48.7 Å². The first kappa shape index (κ1) is 8.97. The molecule has 3 heteroatoms. The van der Waals surface area contributed by atoms with E-state index in [0.717, 1.165) is 27.7 Å². The van der Waals surface area contributed by atoms with Crippen LogP contribution in [0.2, 0.25) is 0 Å². The van der Waals surface area contributed by atoms with Crippen LogP contribution in [0.25, 0.3) is 22.0 Å². The van der Waals surface area contributed by atoms with E-state index >= 15 is 0 Å². The monoisotopic (exact) mass is 209 g/mol. The first-order valence-electron chi connectivity index (χ1n) is 5.12. The number of H-pyrrole nitrogens is 1. The lowest BCUT2D eigenvalue weighted by atomic mass is 10.0. The van der Waals surface area contributed by atoms with E-state index < -0.39 is 0 Å². The van der Waals surface area contributed by atoms with Crippen molar-refractivity contribution in [1.82, 2.24) is 10.2 Å². The Bertz CT molecular complexity index is 640. The average molecular weight is 209 g/mol. The van der Waals surface area contributed by atoms with Crippen LogP contribution < -0.4 is 5.73 Å². The summed E-state index contributed by atoms with van der Waals surface area (Å²) in [4.78, 5) is 0. The second-order valence-electron chi connectivity index (χ2n) is 3.80. The SMILES string of the molecule is Nc1cccc(-c2ccc3cn[nH]c3c2)c1. The maximum absolute atomic E-state index is 5.77. The van der Waals surface area contributed by atoms with Crippen LogP contribution in [0, 0.1) is 0 Å². The number of aromatic nitrogens is 2. The van der Waals surface area contributed by atoms with Gasteiger partial charge in [-0.2, -0.15) is 5.10 Å². The molecule has 0 aliphatic rings. The Morgan fingerprint density at radius 1 is 1.00 bits per heavy atom. The summed E-state index contributed by atoms with van der Waals surface area (Å²) < 4.78 is 0. The summed E-state index contributed by atoms with van der Waals surface area (Å²) >= 11 is 0. The van der Waals surface area contributed by atoms with Crippen molar-refractivity contribution >= 4 is 16.6 Å². The fourth-order valence-corrected chi connectivity index (χ4v) is 1.83. The summed E-state index contributed by atoms with van der Waals surface area (Å²) in [5, 5.41) is 8.09. The number of anilines is 1. The van der Waals surface area contributed by atoms with E-state index in [9.17, 15) is 0 Å². The van der Waals surface area contributed by atoms with Gasteiger partial charge in [0.2, 0.25) is 0 Å². The van der Waals surface area contributed by atoms with Crippen LogP contribution in [0.15, 0.2) is 48.7 Å². The summed E-state index contributed by atoms with van der Waals surface area (Å²) in [7, 11) is 0. The summed E-state index contributed by atoms with van der Waals surface area (Å²) in [5.41, 5.74) is 9.85. The van der Waals surface area contributed by atoms with Crippen molar-refractivity contribution in [2.24, 2.45) is 0 Å². The Labute approximate surface area is 92.9 Å². The molecule has 0 bridgehead atoms. The van der Waals surface area contributed by atoms with E-state index in [1.165, 1.54) is 0 Å². The van der Waals surface area contributed by atoms with E-state index in [-0.39, 0.29) is 0 Å². The van der Waals surface area contributed by atoms with Crippen molar-refractivity contribution in [1.29, 1.82) is 0 Å². The summed E-state index contributed by atoms with van der Waals surface area (Å²) in [6.45, 7) is 0. The number of nitrogens with two attached hydrogens (primary N) is 1. The Kier molecular flexibility index (Phi) is 1.90. The zero-order valence-electron chi connectivity index (χ0n) is 8.64. The van der Waals surface area contributed by atoms with Crippen LogP contribution >= 0.6 is 0 Å². The fourth-order valence-electron chi connectivity index (χ4n) is 1.83. The lowest BCUT2D eigenvalue weighted by Gasteiger charge is -2.02. The Morgan fingerprint density at radius 3 is 2.75 bits per heavy atom. The molecular formula is C13H11N3. The minimum absolute atomic E-state index is 0.780. The topological polar surface area (TPSA) is 54.7 Å². The van der Waals surface area contributed by atoms with E-state index in [0.29, 0.717) is 0 Å². The largest absolute Gasteiger partial charge is 0.399 e. The predicted octanol–water partition coefficient (Wildman–Crippen LogP) is 2.81. The molecule has 2 aromatic carbocycles. The Morgan fingerprint density at radius 2 is 1.88 bits per heavy atom. The van der Waals surface area contributed by atoms with Crippen molar-refractivity contribution in [3.63, 3.8) is 0 Å². The van der Waals surface area contributed by atoms with E-state index in [1.54, 1.807) is 0 Å². The number of hydrogen-bond donors (Lipinski definition) is 2. The van der Waals surface area contributed by atoms with Gasteiger partial charge in [-0.3, -0.25) is 5.10 Å². The third-order valence-electron chi connectivity index (χ3n) is 2.66. The summed E-state index contributed by atoms with van der Waals surface area (Å²) in [6, 6.07) is 14.1. The van der Waals surface area contributed by atoms with Gasteiger partial charge in [0.05, 0.1) is 11.7 Å². The second-order valence-corrected chi connectivity index (χ2v) is 3.80. The minimum Gasteiger partial charge on any atom is -0.399 e. The molecule has 0 radical (unpaired) electrons. The molecule has 0 spiro atoms. The van der Waals surface area contributed by atoms with E-state index in [4.69, 9.17) is 5.73 Å². The predicted molar refractivity (Wildman–Crippen MR) is 65.9 cm³/mol. The smallest absolute Gasteiger partial charge is 0.0656 e. The van der Waals surface area contributed by atoms with Gasteiger partial charge in [-0.15, -0.1) is 0 Å². The van der Waals surface area contributed by atoms with E-state index in [2.05, 4.69) is 28.4 Å². The maximum atomic E-state index is 5.77. The van der Waals surface area contributed by atoms with Crippen molar-refractivity contribution in [2.75, 3.05) is 5.73 Å². The number of hydrogen-bond acceptors (Lipinski definition) is 2. The molecule has 78 valence electrons. The maximum Gasteiger partial charge on any atom is 0.0656 e. The van der Waals surface area contributed by atoms with Crippen molar-refractivity contribution < 1.29 is 0 Å². The lowest BCUT2D eigenvalue weighted by Crippen LogP contribution is -1.85.